The summed E-state index contributed by atoms with van der Waals surface area (Å²) in [5.74, 6) is -0.275. The number of carbonyl (C=O) groups excluding carboxylic acids is 1. The van der Waals surface area contributed by atoms with Gasteiger partial charge in [-0.3, -0.25) is 9.69 Å². The molecule has 4 rings (SSSR count). The Kier molecular flexibility index (Phi) is 7.29. The largest absolute Gasteiger partial charge is 0.461 e. The van der Waals surface area contributed by atoms with Crippen molar-refractivity contribution in [3.05, 3.63) is 35.5 Å². The Morgan fingerprint density at radius 1 is 1.28 bits per heavy atom. The molecule has 0 spiro atoms. The Bertz CT molecular complexity index is 878. The standard InChI is InChI=1S/C23H34N6O3/c1-3-17-4-5-18(14-21(17)25-22(30)20-7-13-31-23(24)26-20)29-11-9-28(10-12-29)16-32-19-6-8-27(2)15-19/h4-5,7,14,19H,3,6,8-13,15-16H2,1-2H3,(H2,24,26)(H,25,30). The van der Waals surface area contributed by atoms with Gasteiger partial charge in [0, 0.05) is 50.6 Å². The molecule has 9 nitrogen and oxygen atoms in total. The van der Waals surface area contributed by atoms with Crippen LogP contribution < -0.4 is 16.0 Å². The Labute approximate surface area is 189 Å². The molecule has 1 amide bonds. The van der Waals surface area contributed by atoms with Gasteiger partial charge in [0.25, 0.3) is 11.9 Å². The Morgan fingerprint density at radius 3 is 2.78 bits per heavy atom. The summed E-state index contributed by atoms with van der Waals surface area (Å²) in [6.45, 7) is 8.95. The van der Waals surface area contributed by atoms with Crippen LogP contribution in [-0.2, 0) is 20.7 Å². The molecule has 2 saturated heterocycles. The lowest BCUT2D eigenvalue weighted by Gasteiger charge is -2.36. The number of benzene rings is 1. The van der Waals surface area contributed by atoms with E-state index >= 15 is 0 Å². The van der Waals surface area contributed by atoms with Gasteiger partial charge in [0.1, 0.15) is 12.3 Å². The van der Waals surface area contributed by atoms with Crippen LogP contribution in [0.4, 0.5) is 11.4 Å². The second kappa shape index (κ2) is 10.3. The minimum Gasteiger partial charge on any atom is -0.461 e. The zero-order chi connectivity index (χ0) is 22.5. The SMILES string of the molecule is CCc1ccc(N2CCN(COC3CCN(C)C3)CC2)cc1NC(=O)C1=CCOC(N)=N1. The number of aryl methyl sites for hydroxylation is 1. The number of nitrogens with two attached hydrogens (primary N) is 1. The minimum absolute atomic E-state index is 0.0175. The van der Waals surface area contributed by atoms with E-state index in [4.69, 9.17) is 15.2 Å². The number of carbonyl (C=O) groups is 1. The van der Waals surface area contributed by atoms with Crippen LogP contribution in [0.3, 0.4) is 0 Å². The number of likely N-dealkylation sites (N-methyl/N-ethyl adjacent to an activating group) is 1. The first-order valence-electron chi connectivity index (χ1n) is 11.4. The summed E-state index contributed by atoms with van der Waals surface area (Å²) in [4.78, 5) is 23.7. The van der Waals surface area contributed by atoms with Crippen molar-refractivity contribution >= 4 is 23.3 Å². The Balaban J connectivity index is 1.34. The van der Waals surface area contributed by atoms with Crippen LogP contribution in [0.25, 0.3) is 0 Å². The summed E-state index contributed by atoms with van der Waals surface area (Å²) < 4.78 is 11.2. The number of aliphatic imine (C=N–C) groups is 1. The number of nitrogens with zero attached hydrogens (tertiary/aromatic N) is 4. The molecular weight excluding hydrogens is 408 g/mol. The average Bonchev–Trinajstić information content (AvgIpc) is 3.23. The van der Waals surface area contributed by atoms with Gasteiger partial charge in [0.15, 0.2) is 0 Å². The lowest BCUT2D eigenvalue weighted by Crippen LogP contribution is -2.47. The fourth-order valence-corrected chi connectivity index (χ4v) is 4.29. The predicted octanol–water partition coefficient (Wildman–Crippen LogP) is 1.22. The van der Waals surface area contributed by atoms with E-state index in [-0.39, 0.29) is 24.2 Å². The smallest absolute Gasteiger partial charge is 0.287 e. The fraction of sp³-hybridized carbons (Fsp3) is 0.565. The van der Waals surface area contributed by atoms with Crippen LogP contribution in [0.5, 0.6) is 0 Å². The average molecular weight is 443 g/mol. The van der Waals surface area contributed by atoms with E-state index in [0.29, 0.717) is 12.8 Å². The van der Waals surface area contributed by atoms with E-state index in [1.807, 2.05) is 0 Å². The van der Waals surface area contributed by atoms with Gasteiger partial charge in [-0.1, -0.05) is 13.0 Å². The van der Waals surface area contributed by atoms with Crippen LogP contribution in [0.15, 0.2) is 35.0 Å². The number of piperazine rings is 1. The maximum atomic E-state index is 12.7. The molecule has 3 aliphatic rings. The highest BCUT2D eigenvalue weighted by atomic mass is 16.5. The van der Waals surface area contributed by atoms with Gasteiger partial charge in [-0.25, -0.2) is 0 Å². The van der Waals surface area contributed by atoms with E-state index in [9.17, 15) is 4.79 Å². The van der Waals surface area contributed by atoms with Gasteiger partial charge >= 0.3 is 0 Å². The minimum atomic E-state index is -0.275. The van der Waals surface area contributed by atoms with Crippen LogP contribution in [0, 0.1) is 0 Å². The molecule has 3 N–H and O–H groups in total. The molecule has 2 fully saturated rings. The molecule has 0 aromatic heterocycles. The maximum Gasteiger partial charge on any atom is 0.287 e. The second-order valence-corrected chi connectivity index (χ2v) is 8.57. The number of anilines is 2. The van der Waals surface area contributed by atoms with Crippen molar-refractivity contribution < 1.29 is 14.3 Å². The van der Waals surface area contributed by atoms with Crippen molar-refractivity contribution in [1.82, 2.24) is 9.80 Å². The van der Waals surface area contributed by atoms with Crippen molar-refractivity contribution in [3.8, 4) is 0 Å². The van der Waals surface area contributed by atoms with E-state index in [2.05, 4.69) is 57.2 Å². The summed E-state index contributed by atoms with van der Waals surface area (Å²) in [6, 6.07) is 6.31. The summed E-state index contributed by atoms with van der Waals surface area (Å²) >= 11 is 0. The van der Waals surface area contributed by atoms with Gasteiger partial charge in [-0.05, 0) is 43.7 Å². The lowest BCUT2D eigenvalue weighted by atomic mass is 10.1. The molecule has 0 bridgehead atoms. The van der Waals surface area contributed by atoms with Gasteiger partial charge in [-0.15, -0.1) is 0 Å². The molecule has 9 heteroatoms. The molecule has 3 heterocycles. The molecular formula is C23H34N6O3. The first-order valence-corrected chi connectivity index (χ1v) is 11.4. The zero-order valence-corrected chi connectivity index (χ0v) is 19.0. The maximum absolute atomic E-state index is 12.7. The van der Waals surface area contributed by atoms with E-state index in [1.165, 1.54) is 0 Å². The molecule has 1 atom stereocenters. The fourth-order valence-electron chi connectivity index (χ4n) is 4.29. The van der Waals surface area contributed by atoms with Crippen LogP contribution >= 0.6 is 0 Å². The zero-order valence-electron chi connectivity index (χ0n) is 19.0. The summed E-state index contributed by atoms with van der Waals surface area (Å²) in [5.41, 5.74) is 8.88. The molecule has 1 aromatic rings. The van der Waals surface area contributed by atoms with Crippen LogP contribution in [0.2, 0.25) is 0 Å². The van der Waals surface area contributed by atoms with Crippen molar-refractivity contribution in [2.24, 2.45) is 10.7 Å². The summed E-state index contributed by atoms with van der Waals surface area (Å²) in [7, 11) is 2.14. The number of ether oxygens (including phenoxy) is 2. The summed E-state index contributed by atoms with van der Waals surface area (Å²) in [5, 5.41) is 3.01. The predicted molar refractivity (Wildman–Crippen MR) is 126 cm³/mol. The third-order valence-electron chi connectivity index (χ3n) is 6.27. The monoisotopic (exact) mass is 442 g/mol. The van der Waals surface area contributed by atoms with E-state index < -0.39 is 0 Å². The molecule has 0 aliphatic carbocycles. The van der Waals surface area contributed by atoms with Gasteiger partial charge in [0.05, 0.1) is 12.8 Å². The molecule has 3 aliphatic heterocycles. The topological polar surface area (TPSA) is 95.7 Å². The van der Waals surface area contributed by atoms with Crippen molar-refractivity contribution in [1.29, 1.82) is 0 Å². The van der Waals surface area contributed by atoms with Gasteiger partial charge in [0.2, 0.25) is 0 Å². The highest BCUT2D eigenvalue weighted by Gasteiger charge is 2.23. The van der Waals surface area contributed by atoms with Crippen molar-refractivity contribution in [2.75, 3.05) is 69.9 Å². The number of hydrogen-bond donors (Lipinski definition) is 2. The van der Waals surface area contributed by atoms with Gasteiger partial charge in [-0.2, -0.15) is 4.99 Å². The van der Waals surface area contributed by atoms with Crippen molar-refractivity contribution in [3.63, 3.8) is 0 Å². The number of rotatable bonds is 7. The molecule has 1 aromatic carbocycles. The second-order valence-electron chi connectivity index (χ2n) is 8.57. The highest BCUT2D eigenvalue weighted by Crippen LogP contribution is 2.26. The Morgan fingerprint density at radius 2 is 2.09 bits per heavy atom. The normalized spacial score (nSPS) is 22.3. The summed E-state index contributed by atoms with van der Waals surface area (Å²) in [6.07, 6.45) is 3.93. The molecule has 174 valence electrons. The Hall–Kier alpha value is -2.62. The van der Waals surface area contributed by atoms with Gasteiger partial charge < -0.3 is 30.3 Å². The van der Waals surface area contributed by atoms with Crippen molar-refractivity contribution in [2.45, 2.75) is 25.9 Å². The number of nitrogens with one attached hydrogen (secondary N) is 1. The third kappa shape index (κ3) is 5.59. The molecule has 0 saturated carbocycles. The third-order valence-corrected chi connectivity index (χ3v) is 6.27. The van der Waals surface area contributed by atoms with Crippen LogP contribution in [-0.4, -0.2) is 87.5 Å². The highest BCUT2D eigenvalue weighted by molar-refractivity contribution is 6.05. The molecule has 1 unspecified atom stereocenters. The van der Waals surface area contributed by atoms with Crippen LogP contribution in [0.1, 0.15) is 18.9 Å². The quantitative estimate of drug-likeness (QED) is 0.655. The first-order chi connectivity index (χ1) is 15.5. The number of likely N-dealkylation sites (tertiary alicyclic amines) is 1. The van der Waals surface area contributed by atoms with E-state index in [1.54, 1.807) is 6.08 Å². The number of amides is 1. The molecule has 0 radical (unpaired) electrons. The lowest BCUT2D eigenvalue weighted by molar-refractivity contribution is -0.113. The molecule has 32 heavy (non-hydrogen) atoms. The number of amidine groups is 1. The number of hydrogen-bond acceptors (Lipinski definition) is 8. The van der Waals surface area contributed by atoms with E-state index in [0.717, 1.165) is 69.0 Å². The first kappa shape index (κ1) is 22.6.